The van der Waals surface area contributed by atoms with Gasteiger partial charge in [-0.05, 0) is 64.7 Å². The molecular formula is C25H26N2O3. The minimum atomic E-state index is 0.0231. The van der Waals surface area contributed by atoms with E-state index in [1.165, 1.54) is 0 Å². The number of hydrogen-bond acceptors (Lipinski definition) is 3. The molecule has 1 saturated heterocycles. The van der Waals surface area contributed by atoms with E-state index in [9.17, 15) is 9.59 Å². The van der Waals surface area contributed by atoms with Gasteiger partial charge in [0.2, 0.25) is 5.91 Å². The fourth-order valence-corrected chi connectivity index (χ4v) is 4.02. The van der Waals surface area contributed by atoms with Crippen molar-refractivity contribution in [2.75, 3.05) is 33.3 Å². The second kappa shape index (κ2) is 8.19. The van der Waals surface area contributed by atoms with E-state index in [0.717, 1.165) is 33.2 Å². The summed E-state index contributed by atoms with van der Waals surface area (Å²) in [7, 11) is 1.68. The summed E-state index contributed by atoms with van der Waals surface area (Å²) in [4.78, 5) is 28.0. The number of benzene rings is 3. The van der Waals surface area contributed by atoms with E-state index >= 15 is 0 Å². The Morgan fingerprint density at radius 1 is 0.800 bits per heavy atom. The van der Waals surface area contributed by atoms with E-state index in [4.69, 9.17) is 4.74 Å². The summed E-state index contributed by atoms with van der Waals surface area (Å²) in [6.45, 7) is 5.96. The third-order valence-corrected chi connectivity index (χ3v) is 5.83. The summed E-state index contributed by atoms with van der Waals surface area (Å²) in [5, 5.41) is 2.14. The lowest BCUT2D eigenvalue weighted by Gasteiger charge is -2.34. The number of carbonyl (C=O) groups is 2. The maximum absolute atomic E-state index is 12.9. The van der Waals surface area contributed by atoms with Crippen LogP contribution in [0.3, 0.4) is 0 Å². The third kappa shape index (κ3) is 3.88. The van der Waals surface area contributed by atoms with Crippen LogP contribution in [-0.4, -0.2) is 54.9 Å². The van der Waals surface area contributed by atoms with Gasteiger partial charge in [0.1, 0.15) is 5.75 Å². The minimum absolute atomic E-state index is 0.0231. The van der Waals surface area contributed by atoms with Gasteiger partial charge in [-0.1, -0.05) is 24.3 Å². The number of ether oxygens (including phenoxy) is 1. The Bertz CT molecular complexity index is 1110. The topological polar surface area (TPSA) is 49.9 Å². The van der Waals surface area contributed by atoms with Crippen LogP contribution >= 0.6 is 0 Å². The molecule has 30 heavy (non-hydrogen) atoms. The van der Waals surface area contributed by atoms with Gasteiger partial charge in [0.05, 0.1) is 7.11 Å². The van der Waals surface area contributed by atoms with E-state index in [2.05, 4.69) is 30.3 Å². The van der Waals surface area contributed by atoms with Gasteiger partial charge in [0.25, 0.3) is 5.91 Å². The summed E-state index contributed by atoms with van der Waals surface area (Å²) >= 11 is 0. The molecule has 1 aliphatic heterocycles. The van der Waals surface area contributed by atoms with Crippen molar-refractivity contribution in [2.24, 2.45) is 0 Å². The Labute approximate surface area is 176 Å². The van der Waals surface area contributed by atoms with Gasteiger partial charge in [-0.3, -0.25) is 9.59 Å². The minimum Gasteiger partial charge on any atom is -0.496 e. The lowest BCUT2D eigenvalue weighted by Crippen LogP contribution is -2.50. The second-order valence-electron chi connectivity index (χ2n) is 7.76. The molecule has 1 aliphatic rings. The van der Waals surface area contributed by atoms with Crippen molar-refractivity contribution >= 4 is 22.6 Å². The Morgan fingerprint density at radius 2 is 1.40 bits per heavy atom. The van der Waals surface area contributed by atoms with Crippen LogP contribution in [0.2, 0.25) is 0 Å². The predicted octanol–water partition coefficient (Wildman–Crippen LogP) is 4.13. The van der Waals surface area contributed by atoms with E-state index in [1.807, 2.05) is 36.1 Å². The van der Waals surface area contributed by atoms with Crippen LogP contribution in [0.25, 0.3) is 21.9 Å². The molecule has 2 amide bonds. The molecule has 1 heterocycles. The molecule has 0 bridgehead atoms. The number of methoxy groups -OCH3 is 1. The quantitative estimate of drug-likeness (QED) is 0.662. The number of amides is 2. The second-order valence-corrected chi connectivity index (χ2v) is 7.76. The van der Waals surface area contributed by atoms with Crippen LogP contribution in [-0.2, 0) is 4.79 Å². The predicted molar refractivity (Wildman–Crippen MR) is 119 cm³/mol. The standard InChI is InChI=1S/C25H26N2O3/c1-17-14-19(8-9-24(17)30-3)20-4-5-22-16-23(7-6-21(22)15-20)25(29)27-12-10-26(11-13-27)18(2)28/h4-9,14-16H,10-13H2,1-3H3. The first-order valence-electron chi connectivity index (χ1n) is 10.2. The van der Waals surface area contributed by atoms with Crippen LogP contribution < -0.4 is 4.74 Å². The zero-order valence-electron chi connectivity index (χ0n) is 17.6. The van der Waals surface area contributed by atoms with Gasteiger partial charge < -0.3 is 14.5 Å². The maximum atomic E-state index is 12.9. The van der Waals surface area contributed by atoms with Crippen molar-refractivity contribution in [3.8, 4) is 16.9 Å². The molecule has 0 unspecified atom stereocenters. The first-order chi connectivity index (χ1) is 14.5. The molecule has 0 spiro atoms. The molecule has 0 radical (unpaired) electrons. The average molecular weight is 402 g/mol. The first-order valence-corrected chi connectivity index (χ1v) is 10.2. The van der Waals surface area contributed by atoms with Crippen LogP contribution in [0.1, 0.15) is 22.8 Å². The summed E-state index contributed by atoms with van der Waals surface area (Å²) in [6.07, 6.45) is 0. The fraction of sp³-hybridized carbons (Fsp3) is 0.280. The van der Waals surface area contributed by atoms with Crippen molar-refractivity contribution < 1.29 is 14.3 Å². The largest absolute Gasteiger partial charge is 0.496 e. The number of piperazine rings is 1. The fourth-order valence-electron chi connectivity index (χ4n) is 4.02. The van der Waals surface area contributed by atoms with E-state index in [1.54, 1.807) is 18.9 Å². The van der Waals surface area contributed by atoms with Gasteiger partial charge in [-0.2, -0.15) is 0 Å². The molecule has 0 N–H and O–H groups in total. The summed E-state index contributed by atoms with van der Waals surface area (Å²) in [6, 6.07) is 18.3. The van der Waals surface area contributed by atoms with Crippen molar-refractivity contribution in [3.05, 3.63) is 65.7 Å². The average Bonchev–Trinajstić information content (AvgIpc) is 2.78. The Balaban J connectivity index is 1.55. The maximum Gasteiger partial charge on any atom is 0.253 e. The monoisotopic (exact) mass is 402 g/mol. The van der Waals surface area contributed by atoms with Crippen molar-refractivity contribution in [2.45, 2.75) is 13.8 Å². The molecule has 3 aromatic rings. The molecule has 1 fully saturated rings. The van der Waals surface area contributed by atoms with Crippen LogP contribution in [0.5, 0.6) is 5.75 Å². The highest BCUT2D eigenvalue weighted by atomic mass is 16.5. The third-order valence-electron chi connectivity index (χ3n) is 5.83. The van der Waals surface area contributed by atoms with Crippen molar-refractivity contribution in [1.29, 1.82) is 0 Å². The molecule has 3 aromatic carbocycles. The lowest BCUT2D eigenvalue weighted by atomic mass is 9.98. The van der Waals surface area contributed by atoms with Crippen LogP contribution in [0.4, 0.5) is 0 Å². The Morgan fingerprint density at radius 3 is 2.07 bits per heavy atom. The van der Waals surface area contributed by atoms with Gasteiger partial charge in [0, 0.05) is 38.7 Å². The Kier molecular flexibility index (Phi) is 5.44. The number of aryl methyl sites for hydroxylation is 1. The lowest BCUT2D eigenvalue weighted by molar-refractivity contribution is -0.130. The van der Waals surface area contributed by atoms with E-state index < -0.39 is 0 Å². The summed E-state index contributed by atoms with van der Waals surface area (Å²) < 4.78 is 5.35. The Hall–Kier alpha value is -3.34. The van der Waals surface area contributed by atoms with Crippen molar-refractivity contribution in [1.82, 2.24) is 9.80 Å². The molecule has 0 aliphatic carbocycles. The van der Waals surface area contributed by atoms with E-state index in [-0.39, 0.29) is 11.8 Å². The first kappa shape index (κ1) is 20.0. The summed E-state index contributed by atoms with van der Waals surface area (Å²) in [5.74, 6) is 0.970. The molecule has 0 aromatic heterocycles. The van der Waals surface area contributed by atoms with Crippen LogP contribution in [0, 0.1) is 6.92 Å². The zero-order chi connectivity index (χ0) is 21.3. The molecule has 5 nitrogen and oxygen atoms in total. The summed E-state index contributed by atoms with van der Waals surface area (Å²) in [5.41, 5.74) is 4.05. The zero-order valence-corrected chi connectivity index (χ0v) is 17.6. The highest BCUT2D eigenvalue weighted by molar-refractivity contribution is 5.99. The highest BCUT2D eigenvalue weighted by Gasteiger charge is 2.23. The van der Waals surface area contributed by atoms with Gasteiger partial charge in [0.15, 0.2) is 0 Å². The SMILES string of the molecule is COc1ccc(-c2ccc3cc(C(=O)N4CCN(C(C)=O)CC4)ccc3c2)cc1C. The van der Waals surface area contributed by atoms with Crippen molar-refractivity contribution in [3.63, 3.8) is 0 Å². The number of nitrogens with zero attached hydrogens (tertiary/aromatic N) is 2. The number of hydrogen-bond donors (Lipinski definition) is 0. The number of fused-ring (bicyclic) bond motifs is 1. The molecule has 0 atom stereocenters. The highest BCUT2D eigenvalue weighted by Crippen LogP contribution is 2.29. The molecular weight excluding hydrogens is 376 g/mol. The smallest absolute Gasteiger partial charge is 0.253 e. The van der Waals surface area contributed by atoms with Gasteiger partial charge in [-0.25, -0.2) is 0 Å². The van der Waals surface area contributed by atoms with Gasteiger partial charge >= 0.3 is 0 Å². The van der Waals surface area contributed by atoms with Gasteiger partial charge in [-0.15, -0.1) is 0 Å². The normalized spacial score (nSPS) is 14.1. The number of carbonyl (C=O) groups excluding carboxylic acids is 2. The molecule has 5 heteroatoms. The van der Waals surface area contributed by atoms with E-state index in [0.29, 0.717) is 31.7 Å². The molecule has 154 valence electrons. The van der Waals surface area contributed by atoms with Crippen LogP contribution in [0.15, 0.2) is 54.6 Å². The number of rotatable bonds is 3. The molecule has 4 rings (SSSR count). The molecule has 0 saturated carbocycles.